The summed E-state index contributed by atoms with van der Waals surface area (Å²) >= 11 is 0. The molecule has 2 aliphatic rings. The normalized spacial score (nSPS) is 36.8. The van der Waals surface area contributed by atoms with Gasteiger partial charge in [0.05, 0.1) is 24.9 Å². The Hall–Kier alpha value is -1.59. The lowest BCUT2D eigenvalue weighted by Crippen LogP contribution is -2.51. The molecule has 20 heavy (non-hydrogen) atoms. The van der Waals surface area contributed by atoms with Gasteiger partial charge < -0.3 is 14.2 Å². The van der Waals surface area contributed by atoms with E-state index in [1.807, 2.05) is 37.3 Å². The third-order valence-corrected chi connectivity index (χ3v) is 3.80. The summed E-state index contributed by atoms with van der Waals surface area (Å²) in [5.74, 6) is 0. The van der Waals surface area contributed by atoms with Gasteiger partial charge in [-0.2, -0.15) is 0 Å². The number of benzene rings is 1. The van der Waals surface area contributed by atoms with Crippen LogP contribution in [0.25, 0.3) is 10.4 Å². The van der Waals surface area contributed by atoms with Gasteiger partial charge in [-0.25, -0.2) is 0 Å². The fourth-order valence-electron chi connectivity index (χ4n) is 2.70. The average molecular weight is 275 g/mol. The molecule has 2 fully saturated rings. The minimum Gasteiger partial charge on any atom is -0.370 e. The predicted octanol–water partition coefficient (Wildman–Crippen LogP) is 2.96. The van der Waals surface area contributed by atoms with E-state index in [2.05, 4.69) is 10.0 Å². The van der Waals surface area contributed by atoms with Crippen LogP contribution in [0.1, 0.15) is 25.2 Å². The maximum atomic E-state index is 8.60. The summed E-state index contributed by atoms with van der Waals surface area (Å²) < 4.78 is 17.5. The molecule has 0 aromatic heterocycles. The van der Waals surface area contributed by atoms with Crippen LogP contribution in [0.2, 0.25) is 0 Å². The van der Waals surface area contributed by atoms with Crippen molar-refractivity contribution in [1.29, 1.82) is 0 Å². The van der Waals surface area contributed by atoms with Gasteiger partial charge in [0.1, 0.15) is 6.10 Å². The van der Waals surface area contributed by atoms with Crippen molar-refractivity contribution in [1.82, 2.24) is 0 Å². The fourth-order valence-corrected chi connectivity index (χ4v) is 2.70. The molecule has 0 aliphatic carbocycles. The Balaban J connectivity index is 1.71. The van der Waals surface area contributed by atoms with Crippen molar-refractivity contribution < 1.29 is 14.2 Å². The minimum absolute atomic E-state index is 0.0879. The SMILES string of the molecule is C[C@@H]1O[C@@H]2CO[C@@H](c3ccccc3)O[C@H]2C[C@H]1N=[N+]=[N-]. The zero-order chi connectivity index (χ0) is 13.9. The molecule has 1 aromatic rings. The first kappa shape index (κ1) is 13.4. The summed E-state index contributed by atoms with van der Waals surface area (Å²) in [6.45, 7) is 2.41. The van der Waals surface area contributed by atoms with Gasteiger partial charge in [-0.3, -0.25) is 0 Å². The van der Waals surface area contributed by atoms with Crippen LogP contribution in [0.5, 0.6) is 0 Å². The van der Waals surface area contributed by atoms with E-state index in [4.69, 9.17) is 19.7 Å². The van der Waals surface area contributed by atoms with E-state index in [0.717, 1.165) is 5.56 Å². The fraction of sp³-hybridized carbons (Fsp3) is 0.571. The van der Waals surface area contributed by atoms with Crippen LogP contribution in [0.15, 0.2) is 35.4 Å². The van der Waals surface area contributed by atoms with E-state index < -0.39 is 0 Å². The molecule has 2 heterocycles. The van der Waals surface area contributed by atoms with E-state index in [1.165, 1.54) is 0 Å². The van der Waals surface area contributed by atoms with Gasteiger partial charge in [-0.15, -0.1) is 0 Å². The topological polar surface area (TPSA) is 76.5 Å². The average Bonchev–Trinajstić information content (AvgIpc) is 2.49. The van der Waals surface area contributed by atoms with E-state index in [0.29, 0.717) is 13.0 Å². The zero-order valence-corrected chi connectivity index (χ0v) is 11.3. The second-order valence-corrected chi connectivity index (χ2v) is 5.14. The number of fused-ring (bicyclic) bond motifs is 1. The van der Waals surface area contributed by atoms with Gasteiger partial charge in [-0.1, -0.05) is 35.4 Å². The Morgan fingerprint density at radius 2 is 2.00 bits per heavy atom. The highest BCUT2D eigenvalue weighted by Crippen LogP contribution is 2.34. The van der Waals surface area contributed by atoms with E-state index in [-0.39, 0.29) is 30.6 Å². The molecule has 2 aliphatic heterocycles. The number of rotatable bonds is 2. The Morgan fingerprint density at radius 1 is 1.20 bits per heavy atom. The molecule has 0 N–H and O–H groups in total. The molecule has 0 bridgehead atoms. The number of ether oxygens (including phenoxy) is 3. The molecule has 0 spiro atoms. The van der Waals surface area contributed by atoms with E-state index in [9.17, 15) is 0 Å². The molecule has 0 saturated carbocycles. The molecule has 0 amide bonds. The lowest BCUT2D eigenvalue weighted by Gasteiger charge is -2.43. The van der Waals surface area contributed by atoms with Crippen LogP contribution in [0.3, 0.4) is 0 Å². The van der Waals surface area contributed by atoms with Crippen LogP contribution in [-0.2, 0) is 14.2 Å². The van der Waals surface area contributed by atoms with Crippen LogP contribution in [0, 0.1) is 0 Å². The van der Waals surface area contributed by atoms with Crippen molar-refractivity contribution in [3.05, 3.63) is 46.3 Å². The summed E-state index contributed by atoms with van der Waals surface area (Å²) in [4.78, 5) is 2.88. The van der Waals surface area contributed by atoms with Gasteiger partial charge >= 0.3 is 0 Å². The summed E-state index contributed by atoms with van der Waals surface area (Å²) in [7, 11) is 0. The van der Waals surface area contributed by atoms with Gasteiger partial charge in [0.15, 0.2) is 6.29 Å². The molecule has 6 nitrogen and oxygen atoms in total. The quantitative estimate of drug-likeness (QED) is 0.473. The molecule has 5 atom stereocenters. The molecule has 6 heteroatoms. The second kappa shape index (κ2) is 5.81. The maximum Gasteiger partial charge on any atom is 0.184 e. The third kappa shape index (κ3) is 2.64. The lowest BCUT2D eigenvalue weighted by molar-refractivity contribution is -0.288. The highest BCUT2D eigenvalue weighted by atomic mass is 16.7. The number of hydrogen-bond acceptors (Lipinski definition) is 4. The van der Waals surface area contributed by atoms with Gasteiger partial charge in [0, 0.05) is 10.5 Å². The molecule has 106 valence electrons. The molecule has 0 unspecified atom stereocenters. The molecular weight excluding hydrogens is 258 g/mol. The standard InChI is InChI=1S/C14H17N3O3/c1-9-11(16-17-15)7-12-13(19-9)8-18-14(20-12)10-5-3-2-4-6-10/h2-6,9,11-14H,7-8H2,1H3/t9-,11+,12-,13+,14+/m0/s1. The van der Waals surface area contributed by atoms with Crippen molar-refractivity contribution >= 4 is 0 Å². The first-order valence-corrected chi connectivity index (χ1v) is 6.79. The zero-order valence-electron chi connectivity index (χ0n) is 11.3. The largest absolute Gasteiger partial charge is 0.370 e. The monoisotopic (exact) mass is 275 g/mol. The number of hydrogen-bond donors (Lipinski definition) is 0. The summed E-state index contributed by atoms with van der Waals surface area (Å²) in [5, 5.41) is 3.79. The smallest absolute Gasteiger partial charge is 0.184 e. The van der Waals surface area contributed by atoms with E-state index >= 15 is 0 Å². The van der Waals surface area contributed by atoms with Crippen LogP contribution < -0.4 is 0 Å². The number of nitrogens with zero attached hydrogens (tertiary/aromatic N) is 3. The minimum atomic E-state index is -0.374. The van der Waals surface area contributed by atoms with Crippen molar-refractivity contribution in [2.75, 3.05) is 6.61 Å². The van der Waals surface area contributed by atoms with Crippen LogP contribution in [0.4, 0.5) is 0 Å². The lowest BCUT2D eigenvalue weighted by atomic mass is 9.96. The third-order valence-electron chi connectivity index (χ3n) is 3.80. The summed E-state index contributed by atoms with van der Waals surface area (Å²) in [6.07, 6.45) is 0.00679. The van der Waals surface area contributed by atoms with Gasteiger partial charge in [0.2, 0.25) is 0 Å². The Kier molecular flexibility index (Phi) is 3.89. The maximum absolute atomic E-state index is 8.60. The van der Waals surface area contributed by atoms with Crippen molar-refractivity contribution in [2.24, 2.45) is 5.11 Å². The summed E-state index contributed by atoms with van der Waals surface area (Å²) in [6, 6.07) is 9.63. The molecule has 0 radical (unpaired) electrons. The summed E-state index contributed by atoms with van der Waals surface area (Å²) in [5.41, 5.74) is 9.59. The Morgan fingerprint density at radius 3 is 2.75 bits per heavy atom. The first-order valence-electron chi connectivity index (χ1n) is 6.79. The first-order chi connectivity index (χ1) is 9.78. The Bertz CT molecular complexity index is 504. The second-order valence-electron chi connectivity index (χ2n) is 5.14. The number of azide groups is 1. The molecule has 3 rings (SSSR count). The van der Waals surface area contributed by atoms with Crippen molar-refractivity contribution in [3.8, 4) is 0 Å². The molecule has 2 saturated heterocycles. The van der Waals surface area contributed by atoms with Gasteiger partial charge in [-0.05, 0) is 18.9 Å². The highest BCUT2D eigenvalue weighted by Gasteiger charge is 2.41. The predicted molar refractivity (Wildman–Crippen MR) is 71.9 cm³/mol. The van der Waals surface area contributed by atoms with Crippen LogP contribution in [-0.4, -0.2) is 31.0 Å². The Labute approximate surface area is 117 Å². The van der Waals surface area contributed by atoms with Gasteiger partial charge in [0.25, 0.3) is 0 Å². The van der Waals surface area contributed by atoms with E-state index in [1.54, 1.807) is 0 Å². The van der Waals surface area contributed by atoms with Crippen molar-refractivity contribution in [3.63, 3.8) is 0 Å². The van der Waals surface area contributed by atoms with Crippen molar-refractivity contribution in [2.45, 2.75) is 44.0 Å². The highest BCUT2D eigenvalue weighted by molar-refractivity contribution is 5.16. The molecular formula is C14H17N3O3. The molecule has 1 aromatic carbocycles. The van der Waals surface area contributed by atoms with Crippen LogP contribution >= 0.6 is 0 Å².